The predicted molar refractivity (Wildman–Crippen MR) is 115 cm³/mol. The number of hydrogen-bond acceptors (Lipinski definition) is 3. The molecule has 0 aromatic heterocycles. The first-order chi connectivity index (χ1) is 14.1. The van der Waals surface area contributed by atoms with Crippen LogP contribution in [0, 0.1) is 0 Å². The van der Waals surface area contributed by atoms with Crippen LogP contribution in [0.1, 0.15) is 12.5 Å². The van der Waals surface area contributed by atoms with E-state index in [0.29, 0.717) is 18.7 Å². The molecule has 1 atom stereocenters. The van der Waals surface area contributed by atoms with Crippen molar-refractivity contribution in [1.29, 1.82) is 0 Å². The number of benzene rings is 3. The van der Waals surface area contributed by atoms with Gasteiger partial charge in [-0.05, 0) is 30.4 Å². The molecule has 0 heterocycles. The second-order valence-corrected chi connectivity index (χ2v) is 6.88. The van der Waals surface area contributed by atoms with Gasteiger partial charge in [0.05, 0.1) is 0 Å². The SMILES string of the molecule is CNC(=O)C(C)N(CCc1ccccc1)C(=O)COc1cccc2ccccc12. The third-order valence-corrected chi connectivity index (χ3v) is 5.00. The van der Waals surface area contributed by atoms with E-state index in [9.17, 15) is 9.59 Å². The average Bonchev–Trinajstić information content (AvgIpc) is 2.77. The maximum Gasteiger partial charge on any atom is 0.261 e. The molecule has 3 aromatic carbocycles. The van der Waals surface area contributed by atoms with E-state index in [1.807, 2.05) is 72.8 Å². The van der Waals surface area contributed by atoms with Crippen LogP contribution in [0.2, 0.25) is 0 Å². The zero-order chi connectivity index (χ0) is 20.6. The van der Waals surface area contributed by atoms with Crippen molar-refractivity contribution < 1.29 is 14.3 Å². The Morgan fingerprint density at radius 2 is 1.66 bits per heavy atom. The maximum atomic E-state index is 13.0. The molecule has 0 aliphatic heterocycles. The lowest BCUT2D eigenvalue weighted by Gasteiger charge is -2.28. The minimum absolute atomic E-state index is 0.121. The number of ether oxygens (including phenoxy) is 1. The molecule has 3 aromatic rings. The maximum absolute atomic E-state index is 13.0. The van der Waals surface area contributed by atoms with Crippen molar-refractivity contribution in [1.82, 2.24) is 10.2 Å². The van der Waals surface area contributed by atoms with Crippen molar-refractivity contribution in [3.63, 3.8) is 0 Å². The highest BCUT2D eigenvalue weighted by molar-refractivity contribution is 5.90. The van der Waals surface area contributed by atoms with Crippen LogP contribution in [0.4, 0.5) is 0 Å². The largest absolute Gasteiger partial charge is 0.483 e. The zero-order valence-electron chi connectivity index (χ0n) is 16.8. The van der Waals surface area contributed by atoms with Crippen molar-refractivity contribution >= 4 is 22.6 Å². The van der Waals surface area contributed by atoms with Gasteiger partial charge < -0.3 is 15.0 Å². The Kier molecular flexibility index (Phi) is 6.85. The van der Waals surface area contributed by atoms with Crippen LogP contribution in [0.3, 0.4) is 0 Å². The van der Waals surface area contributed by atoms with E-state index in [1.165, 1.54) is 0 Å². The summed E-state index contributed by atoms with van der Waals surface area (Å²) in [5.41, 5.74) is 1.12. The molecule has 150 valence electrons. The summed E-state index contributed by atoms with van der Waals surface area (Å²) >= 11 is 0. The van der Waals surface area contributed by atoms with E-state index in [2.05, 4.69) is 5.32 Å². The fraction of sp³-hybridized carbons (Fsp3) is 0.250. The van der Waals surface area contributed by atoms with Crippen LogP contribution >= 0.6 is 0 Å². The van der Waals surface area contributed by atoms with E-state index in [0.717, 1.165) is 16.3 Å². The monoisotopic (exact) mass is 390 g/mol. The van der Waals surface area contributed by atoms with Gasteiger partial charge in [0.2, 0.25) is 5.91 Å². The summed E-state index contributed by atoms with van der Waals surface area (Å²) < 4.78 is 5.85. The van der Waals surface area contributed by atoms with Crippen molar-refractivity contribution in [2.45, 2.75) is 19.4 Å². The second-order valence-electron chi connectivity index (χ2n) is 6.88. The summed E-state index contributed by atoms with van der Waals surface area (Å²) in [6, 6.07) is 23.0. The van der Waals surface area contributed by atoms with E-state index in [4.69, 9.17) is 4.74 Å². The lowest BCUT2D eigenvalue weighted by atomic mass is 10.1. The summed E-state index contributed by atoms with van der Waals surface area (Å²) in [7, 11) is 1.57. The third kappa shape index (κ3) is 5.13. The number of rotatable bonds is 8. The third-order valence-electron chi connectivity index (χ3n) is 5.00. The molecule has 2 amide bonds. The lowest BCUT2D eigenvalue weighted by Crippen LogP contribution is -2.49. The fourth-order valence-corrected chi connectivity index (χ4v) is 3.32. The number of likely N-dealkylation sites (N-methyl/N-ethyl adjacent to an activating group) is 1. The molecule has 5 heteroatoms. The van der Waals surface area contributed by atoms with E-state index in [1.54, 1.807) is 18.9 Å². The minimum Gasteiger partial charge on any atom is -0.483 e. The fourth-order valence-electron chi connectivity index (χ4n) is 3.32. The molecule has 3 rings (SSSR count). The summed E-state index contributed by atoms with van der Waals surface area (Å²) in [6.07, 6.45) is 0.669. The van der Waals surface area contributed by atoms with Gasteiger partial charge in [-0.15, -0.1) is 0 Å². The average molecular weight is 390 g/mol. The molecule has 0 fully saturated rings. The van der Waals surface area contributed by atoms with Crippen molar-refractivity contribution in [3.05, 3.63) is 78.4 Å². The highest BCUT2D eigenvalue weighted by Gasteiger charge is 2.25. The number of carbonyl (C=O) groups is 2. The molecule has 29 heavy (non-hydrogen) atoms. The van der Waals surface area contributed by atoms with E-state index < -0.39 is 6.04 Å². The number of nitrogens with one attached hydrogen (secondary N) is 1. The summed E-state index contributed by atoms with van der Waals surface area (Å²) in [5.74, 6) is 0.244. The van der Waals surface area contributed by atoms with Crippen LogP contribution in [-0.2, 0) is 16.0 Å². The van der Waals surface area contributed by atoms with Crippen molar-refractivity contribution in [2.75, 3.05) is 20.2 Å². The first-order valence-corrected chi connectivity index (χ1v) is 9.75. The molecule has 1 unspecified atom stereocenters. The van der Waals surface area contributed by atoms with Gasteiger partial charge in [-0.25, -0.2) is 0 Å². The number of nitrogens with zero attached hydrogens (tertiary/aromatic N) is 1. The van der Waals surface area contributed by atoms with E-state index >= 15 is 0 Å². The van der Waals surface area contributed by atoms with Crippen LogP contribution in [-0.4, -0.2) is 43.0 Å². The molecule has 0 radical (unpaired) electrons. The number of carbonyl (C=O) groups excluding carboxylic acids is 2. The van der Waals surface area contributed by atoms with Gasteiger partial charge in [0.25, 0.3) is 5.91 Å². The zero-order valence-corrected chi connectivity index (χ0v) is 16.8. The minimum atomic E-state index is -0.577. The van der Waals surface area contributed by atoms with Gasteiger partial charge >= 0.3 is 0 Å². The molecule has 0 aliphatic carbocycles. The topological polar surface area (TPSA) is 58.6 Å². The molecular weight excluding hydrogens is 364 g/mol. The summed E-state index contributed by atoms with van der Waals surface area (Å²) in [6.45, 7) is 2.06. The Hall–Kier alpha value is -3.34. The Labute approximate surface area is 171 Å². The number of amides is 2. The summed E-state index contributed by atoms with van der Waals surface area (Å²) in [5, 5.41) is 4.63. The first-order valence-electron chi connectivity index (χ1n) is 9.75. The molecule has 0 bridgehead atoms. The quantitative estimate of drug-likeness (QED) is 0.641. The Bertz CT molecular complexity index is 967. The predicted octanol–water partition coefficient (Wildman–Crippen LogP) is 3.42. The molecule has 0 aliphatic rings. The molecule has 5 nitrogen and oxygen atoms in total. The van der Waals surface area contributed by atoms with Gasteiger partial charge in [-0.1, -0.05) is 66.7 Å². The number of hydrogen-bond donors (Lipinski definition) is 1. The lowest BCUT2D eigenvalue weighted by molar-refractivity contribution is -0.141. The highest BCUT2D eigenvalue weighted by Crippen LogP contribution is 2.25. The Balaban J connectivity index is 1.72. The number of fused-ring (bicyclic) bond motifs is 1. The Morgan fingerprint density at radius 3 is 2.41 bits per heavy atom. The van der Waals surface area contributed by atoms with Gasteiger partial charge in [-0.2, -0.15) is 0 Å². The normalized spacial score (nSPS) is 11.7. The van der Waals surface area contributed by atoms with Crippen LogP contribution in [0.15, 0.2) is 72.8 Å². The standard InChI is InChI=1S/C24H26N2O3/c1-18(24(28)25-2)26(16-15-19-9-4-3-5-10-19)23(27)17-29-22-14-8-12-20-11-6-7-13-21(20)22/h3-14,18H,15-17H2,1-2H3,(H,25,28). The molecule has 0 saturated heterocycles. The van der Waals surface area contributed by atoms with Crippen molar-refractivity contribution in [2.24, 2.45) is 0 Å². The Morgan fingerprint density at radius 1 is 0.966 bits per heavy atom. The van der Waals surface area contributed by atoms with E-state index in [-0.39, 0.29) is 18.4 Å². The van der Waals surface area contributed by atoms with Gasteiger partial charge in [0.15, 0.2) is 6.61 Å². The first kappa shape index (κ1) is 20.4. The van der Waals surface area contributed by atoms with Gasteiger partial charge in [0.1, 0.15) is 11.8 Å². The van der Waals surface area contributed by atoms with Crippen molar-refractivity contribution in [3.8, 4) is 5.75 Å². The van der Waals surface area contributed by atoms with Gasteiger partial charge in [0, 0.05) is 19.0 Å². The highest BCUT2D eigenvalue weighted by atomic mass is 16.5. The molecule has 0 spiro atoms. The molecule has 0 saturated carbocycles. The molecular formula is C24H26N2O3. The smallest absolute Gasteiger partial charge is 0.261 e. The van der Waals surface area contributed by atoms with Crippen LogP contribution in [0.25, 0.3) is 10.8 Å². The van der Waals surface area contributed by atoms with Crippen LogP contribution < -0.4 is 10.1 Å². The molecule has 1 N–H and O–H groups in total. The summed E-state index contributed by atoms with van der Waals surface area (Å²) in [4.78, 5) is 26.7. The second kappa shape index (κ2) is 9.73. The van der Waals surface area contributed by atoms with Crippen LogP contribution in [0.5, 0.6) is 5.75 Å². The van der Waals surface area contributed by atoms with Gasteiger partial charge in [-0.3, -0.25) is 9.59 Å².